The molecule has 2 aromatic rings. The van der Waals surface area contributed by atoms with Gasteiger partial charge in [-0.05, 0) is 43.4 Å². The van der Waals surface area contributed by atoms with Crippen molar-refractivity contribution >= 4 is 29.1 Å². The molecule has 1 aromatic carbocycles. The fourth-order valence-electron chi connectivity index (χ4n) is 4.11. The van der Waals surface area contributed by atoms with Crippen LogP contribution < -0.4 is 10.2 Å². The lowest BCUT2D eigenvalue weighted by Gasteiger charge is -2.28. The molecule has 1 saturated carbocycles. The third-order valence-corrected chi connectivity index (χ3v) is 5.83. The normalized spacial score (nSPS) is 18.9. The van der Waals surface area contributed by atoms with Crippen molar-refractivity contribution in [2.75, 3.05) is 23.3 Å². The van der Waals surface area contributed by atoms with Gasteiger partial charge < -0.3 is 10.2 Å². The molecule has 0 spiro atoms. The number of benzene rings is 1. The Labute approximate surface area is 158 Å². The van der Waals surface area contributed by atoms with Gasteiger partial charge in [0.25, 0.3) is 0 Å². The zero-order valence-electron chi connectivity index (χ0n) is 14.7. The molecule has 5 nitrogen and oxygen atoms in total. The van der Waals surface area contributed by atoms with E-state index < -0.39 is 5.41 Å². The molecule has 26 heavy (non-hydrogen) atoms. The van der Waals surface area contributed by atoms with Gasteiger partial charge in [-0.2, -0.15) is 0 Å². The molecule has 1 saturated heterocycles. The lowest BCUT2D eigenvalue weighted by Crippen LogP contribution is -2.38. The molecule has 2 aliphatic rings. The van der Waals surface area contributed by atoms with E-state index in [-0.39, 0.29) is 5.91 Å². The van der Waals surface area contributed by atoms with Crippen molar-refractivity contribution in [3.63, 3.8) is 0 Å². The molecular formula is C20H23ClN4O. The first-order valence-electron chi connectivity index (χ1n) is 9.32. The number of nitrogens with zero attached hydrogens (tertiary/aromatic N) is 3. The van der Waals surface area contributed by atoms with Crippen LogP contribution in [0.2, 0.25) is 5.02 Å². The summed E-state index contributed by atoms with van der Waals surface area (Å²) in [6.07, 6.45) is 9.62. The van der Waals surface area contributed by atoms with E-state index in [0.717, 1.165) is 50.3 Å². The van der Waals surface area contributed by atoms with E-state index in [9.17, 15) is 4.79 Å². The molecule has 136 valence electrons. The maximum atomic E-state index is 13.2. The Hall–Kier alpha value is -2.14. The van der Waals surface area contributed by atoms with Crippen molar-refractivity contribution < 1.29 is 4.79 Å². The monoisotopic (exact) mass is 370 g/mol. The first-order chi connectivity index (χ1) is 12.7. The molecule has 1 amide bonds. The first kappa shape index (κ1) is 17.3. The van der Waals surface area contributed by atoms with Crippen LogP contribution in [0.5, 0.6) is 0 Å². The minimum Gasteiger partial charge on any atom is -0.341 e. The number of hydrogen-bond acceptors (Lipinski definition) is 4. The largest absolute Gasteiger partial charge is 0.341 e. The van der Waals surface area contributed by atoms with E-state index in [1.54, 1.807) is 12.4 Å². The van der Waals surface area contributed by atoms with Crippen LogP contribution in [-0.2, 0) is 10.2 Å². The van der Waals surface area contributed by atoms with Gasteiger partial charge in [0.1, 0.15) is 0 Å². The molecule has 6 heteroatoms. The number of amides is 1. The molecule has 0 atom stereocenters. The summed E-state index contributed by atoms with van der Waals surface area (Å²) in [4.78, 5) is 24.2. The summed E-state index contributed by atoms with van der Waals surface area (Å²) in [7, 11) is 0. The first-order valence-corrected chi connectivity index (χ1v) is 9.70. The van der Waals surface area contributed by atoms with Crippen LogP contribution in [0, 0.1) is 0 Å². The quantitative estimate of drug-likeness (QED) is 0.877. The summed E-state index contributed by atoms with van der Waals surface area (Å²) < 4.78 is 0. The summed E-state index contributed by atoms with van der Waals surface area (Å²) in [6, 6.07) is 7.66. The zero-order valence-corrected chi connectivity index (χ0v) is 15.5. The molecule has 4 rings (SSSR count). The van der Waals surface area contributed by atoms with Gasteiger partial charge in [-0.15, -0.1) is 0 Å². The van der Waals surface area contributed by atoms with Gasteiger partial charge in [-0.25, -0.2) is 9.97 Å². The number of hydrogen-bond donors (Lipinski definition) is 1. The highest BCUT2D eigenvalue weighted by Gasteiger charge is 2.42. The molecule has 1 aliphatic carbocycles. The van der Waals surface area contributed by atoms with E-state index in [1.165, 1.54) is 12.8 Å². The lowest BCUT2D eigenvalue weighted by atomic mass is 9.78. The molecule has 0 bridgehead atoms. The highest BCUT2D eigenvalue weighted by atomic mass is 35.5. The standard InChI is InChI=1S/C20H23ClN4O/c21-16-7-5-15(6-8-16)20(9-1-2-10-20)18(26)24-17-13-22-19(23-14-17)25-11-3-4-12-25/h5-8,13-14H,1-4,9-12H2,(H,24,26). The summed E-state index contributed by atoms with van der Waals surface area (Å²) in [6.45, 7) is 2.01. The minimum absolute atomic E-state index is 0.0230. The molecule has 2 fully saturated rings. The molecule has 1 N–H and O–H groups in total. The van der Waals surface area contributed by atoms with Crippen molar-refractivity contribution in [3.8, 4) is 0 Å². The zero-order chi connectivity index (χ0) is 18.0. The van der Waals surface area contributed by atoms with Gasteiger partial charge in [0, 0.05) is 18.1 Å². The Balaban J connectivity index is 1.52. The van der Waals surface area contributed by atoms with E-state index >= 15 is 0 Å². The van der Waals surface area contributed by atoms with Crippen LogP contribution in [0.3, 0.4) is 0 Å². The Morgan fingerprint density at radius 2 is 1.62 bits per heavy atom. The number of aromatic nitrogens is 2. The van der Waals surface area contributed by atoms with Gasteiger partial charge >= 0.3 is 0 Å². The van der Waals surface area contributed by atoms with E-state index in [4.69, 9.17) is 11.6 Å². The predicted molar refractivity (Wildman–Crippen MR) is 104 cm³/mol. The average molecular weight is 371 g/mol. The van der Waals surface area contributed by atoms with Crippen molar-refractivity contribution in [1.82, 2.24) is 9.97 Å². The third-order valence-electron chi connectivity index (χ3n) is 5.57. The number of carbonyl (C=O) groups is 1. The van der Waals surface area contributed by atoms with Crippen molar-refractivity contribution in [2.24, 2.45) is 0 Å². The van der Waals surface area contributed by atoms with Gasteiger partial charge in [-0.3, -0.25) is 4.79 Å². The predicted octanol–water partition coefficient (Wildman–Crippen LogP) is 4.18. The average Bonchev–Trinajstić information content (AvgIpc) is 3.36. The molecule has 0 radical (unpaired) electrons. The number of nitrogens with one attached hydrogen (secondary N) is 1. The second kappa shape index (κ2) is 7.23. The van der Waals surface area contributed by atoms with E-state index in [2.05, 4.69) is 20.2 Å². The number of carbonyl (C=O) groups excluding carboxylic acids is 1. The molecule has 1 aromatic heterocycles. The van der Waals surface area contributed by atoms with Crippen LogP contribution >= 0.6 is 11.6 Å². The van der Waals surface area contributed by atoms with Gasteiger partial charge in [0.2, 0.25) is 11.9 Å². The Morgan fingerprint density at radius 1 is 1.00 bits per heavy atom. The highest BCUT2D eigenvalue weighted by Crippen LogP contribution is 2.42. The smallest absolute Gasteiger partial charge is 0.235 e. The molecule has 0 unspecified atom stereocenters. The van der Waals surface area contributed by atoms with Crippen LogP contribution in [0.1, 0.15) is 44.1 Å². The minimum atomic E-state index is -0.488. The molecule has 2 heterocycles. The van der Waals surface area contributed by atoms with E-state index in [1.807, 2.05) is 24.3 Å². The fourth-order valence-corrected chi connectivity index (χ4v) is 4.24. The summed E-state index contributed by atoms with van der Waals surface area (Å²) in [5.74, 6) is 0.767. The number of anilines is 2. The number of rotatable bonds is 4. The third kappa shape index (κ3) is 3.28. The highest BCUT2D eigenvalue weighted by molar-refractivity contribution is 6.30. The second-order valence-corrected chi connectivity index (χ2v) is 7.65. The lowest BCUT2D eigenvalue weighted by molar-refractivity contribution is -0.121. The Morgan fingerprint density at radius 3 is 2.23 bits per heavy atom. The van der Waals surface area contributed by atoms with Crippen molar-refractivity contribution in [3.05, 3.63) is 47.2 Å². The van der Waals surface area contributed by atoms with Gasteiger partial charge in [0.05, 0.1) is 23.5 Å². The van der Waals surface area contributed by atoms with E-state index in [0.29, 0.717) is 10.7 Å². The topological polar surface area (TPSA) is 58.1 Å². The van der Waals surface area contributed by atoms with Gasteiger partial charge in [0.15, 0.2) is 0 Å². The van der Waals surface area contributed by atoms with Crippen molar-refractivity contribution in [1.29, 1.82) is 0 Å². The summed E-state index contributed by atoms with van der Waals surface area (Å²) >= 11 is 6.02. The molecular weight excluding hydrogens is 348 g/mol. The molecule has 1 aliphatic heterocycles. The van der Waals surface area contributed by atoms with Gasteiger partial charge in [-0.1, -0.05) is 36.6 Å². The number of halogens is 1. The maximum absolute atomic E-state index is 13.2. The SMILES string of the molecule is O=C(Nc1cnc(N2CCCC2)nc1)C1(c2ccc(Cl)cc2)CCCC1. The van der Waals surface area contributed by atoms with Crippen LogP contribution in [0.15, 0.2) is 36.7 Å². The van der Waals surface area contributed by atoms with Crippen LogP contribution in [0.4, 0.5) is 11.6 Å². The maximum Gasteiger partial charge on any atom is 0.235 e. The fraction of sp³-hybridized carbons (Fsp3) is 0.450. The second-order valence-electron chi connectivity index (χ2n) is 7.22. The Kier molecular flexibility index (Phi) is 4.81. The van der Waals surface area contributed by atoms with Crippen molar-refractivity contribution in [2.45, 2.75) is 43.9 Å². The van der Waals surface area contributed by atoms with Crippen LogP contribution in [-0.4, -0.2) is 29.0 Å². The summed E-state index contributed by atoms with van der Waals surface area (Å²) in [5.41, 5.74) is 1.20. The van der Waals surface area contributed by atoms with Crippen LogP contribution in [0.25, 0.3) is 0 Å². The Bertz CT molecular complexity index is 763. The summed E-state index contributed by atoms with van der Waals surface area (Å²) in [5, 5.41) is 3.73.